The van der Waals surface area contributed by atoms with Crippen molar-refractivity contribution in [3.05, 3.63) is 28.3 Å². The minimum atomic E-state index is -3.68. The number of nitrogens with one attached hydrogen (secondary N) is 2. The van der Waals surface area contributed by atoms with Crippen LogP contribution in [0.4, 0.5) is 11.4 Å². The van der Waals surface area contributed by atoms with E-state index >= 15 is 0 Å². The minimum Gasteiger partial charge on any atom is -0.383 e. The first kappa shape index (κ1) is 16.4. The molecule has 0 radical (unpaired) electrons. The molecular formula is C12H19N3O4S. The summed E-state index contributed by atoms with van der Waals surface area (Å²) in [5.74, 6) is 0. The van der Waals surface area contributed by atoms with Gasteiger partial charge in [-0.15, -0.1) is 0 Å². The second-order valence-electron chi connectivity index (χ2n) is 5.57. The maximum absolute atomic E-state index is 12.1. The molecule has 0 aromatic heterocycles. The Morgan fingerprint density at radius 3 is 2.35 bits per heavy atom. The third-order valence-electron chi connectivity index (χ3n) is 2.54. The number of rotatable bonds is 5. The summed E-state index contributed by atoms with van der Waals surface area (Å²) in [6.45, 7) is 6.00. The van der Waals surface area contributed by atoms with E-state index in [-0.39, 0.29) is 28.2 Å². The van der Waals surface area contributed by atoms with Crippen LogP contribution in [0.1, 0.15) is 20.8 Å². The molecule has 8 heteroatoms. The summed E-state index contributed by atoms with van der Waals surface area (Å²) in [7, 11) is -2.18. The van der Waals surface area contributed by atoms with Crippen molar-refractivity contribution >= 4 is 21.4 Å². The molecule has 1 aromatic carbocycles. The van der Waals surface area contributed by atoms with Crippen molar-refractivity contribution in [2.75, 3.05) is 18.9 Å². The molecule has 0 saturated carbocycles. The quantitative estimate of drug-likeness (QED) is 0.639. The summed E-state index contributed by atoms with van der Waals surface area (Å²) in [5.41, 5.74) is -0.199. The molecule has 20 heavy (non-hydrogen) atoms. The van der Waals surface area contributed by atoms with Crippen molar-refractivity contribution in [3.63, 3.8) is 0 Å². The van der Waals surface area contributed by atoms with Gasteiger partial charge in [-0.3, -0.25) is 10.1 Å². The summed E-state index contributed by atoms with van der Waals surface area (Å²) in [5, 5.41) is 13.4. The number of hydrogen-bond acceptors (Lipinski definition) is 5. The number of nitro groups is 1. The first-order valence-electron chi connectivity index (χ1n) is 6.03. The Bertz CT molecular complexity index is 606. The average Bonchev–Trinajstić information content (AvgIpc) is 2.34. The smallest absolute Gasteiger partial charge is 0.292 e. The van der Waals surface area contributed by atoms with Crippen LogP contribution in [0.25, 0.3) is 0 Å². The number of nitro benzene ring substituents is 1. The Morgan fingerprint density at radius 1 is 1.30 bits per heavy atom. The Hall–Kier alpha value is -1.67. The Labute approximate surface area is 118 Å². The largest absolute Gasteiger partial charge is 0.383 e. The van der Waals surface area contributed by atoms with Crippen molar-refractivity contribution in [3.8, 4) is 0 Å². The zero-order valence-electron chi connectivity index (χ0n) is 11.9. The van der Waals surface area contributed by atoms with Crippen LogP contribution in [0.5, 0.6) is 0 Å². The molecule has 0 amide bonds. The first-order chi connectivity index (χ1) is 9.07. The maximum Gasteiger partial charge on any atom is 0.292 e. The average molecular weight is 301 g/mol. The van der Waals surface area contributed by atoms with Crippen LogP contribution in [-0.2, 0) is 10.0 Å². The van der Waals surface area contributed by atoms with Gasteiger partial charge in [0, 0.05) is 19.7 Å². The highest BCUT2D eigenvalue weighted by atomic mass is 32.2. The molecule has 0 unspecified atom stereocenters. The van der Waals surface area contributed by atoms with Gasteiger partial charge < -0.3 is 5.32 Å². The molecule has 0 aliphatic heterocycles. The summed E-state index contributed by atoms with van der Waals surface area (Å²) >= 11 is 0. The lowest BCUT2D eigenvalue weighted by atomic mass is 9.98. The van der Waals surface area contributed by atoms with Crippen LogP contribution in [0.15, 0.2) is 23.1 Å². The van der Waals surface area contributed by atoms with Gasteiger partial charge in [-0.25, -0.2) is 13.1 Å². The normalized spacial score (nSPS) is 12.2. The van der Waals surface area contributed by atoms with E-state index in [2.05, 4.69) is 10.0 Å². The Balaban J connectivity index is 3.11. The van der Waals surface area contributed by atoms with E-state index in [1.54, 1.807) is 0 Å². The van der Waals surface area contributed by atoms with E-state index in [0.29, 0.717) is 0 Å². The molecule has 0 aliphatic carbocycles. The van der Waals surface area contributed by atoms with Crippen molar-refractivity contribution in [1.82, 2.24) is 4.72 Å². The van der Waals surface area contributed by atoms with Gasteiger partial charge in [0.15, 0.2) is 0 Å². The molecule has 0 aliphatic rings. The number of anilines is 1. The predicted molar refractivity (Wildman–Crippen MR) is 77.3 cm³/mol. The van der Waals surface area contributed by atoms with Gasteiger partial charge in [0.25, 0.3) is 5.69 Å². The van der Waals surface area contributed by atoms with Gasteiger partial charge in [0.05, 0.1) is 9.82 Å². The molecule has 112 valence electrons. The topological polar surface area (TPSA) is 101 Å². The van der Waals surface area contributed by atoms with E-state index in [0.717, 1.165) is 0 Å². The van der Waals surface area contributed by atoms with Gasteiger partial charge in [-0.05, 0) is 17.5 Å². The van der Waals surface area contributed by atoms with E-state index in [1.165, 1.54) is 25.2 Å². The van der Waals surface area contributed by atoms with Gasteiger partial charge >= 0.3 is 0 Å². The fourth-order valence-electron chi connectivity index (χ4n) is 1.44. The molecule has 0 heterocycles. The van der Waals surface area contributed by atoms with Crippen LogP contribution < -0.4 is 10.0 Å². The minimum absolute atomic E-state index is 0.00306. The Kier molecular flexibility index (Phi) is 4.72. The first-order valence-corrected chi connectivity index (χ1v) is 7.51. The van der Waals surface area contributed by atoms with Gasteiger partial charge in [0.1, 0.15) is 5.69 Å². The van der Waals surface area contributed by atoms with Gasteiger partial charge in [-0.2, -0.15) is 0 Å². The lowest BCUT2D eigenvalue weighted by Crippen LogP contribution is -2.32. The molecule has 1 rings (SSSR count). The SMILES string of the molecule is CNc1cc(S(=O)(=O)NCC(C)(C)C)ccc1[N+](=O)[O-]. The number of benzene rings is 1. The summed E-state index contributed by atoms with van der Waals surface area (Å²) in [6.07, 6.45) is 0. The van der Waals surface area contributed by atoms with Gasteiger partial charge in [0.2, 0.25) is 10.0 Å². The maximum atomic E-state index is 12.1. The molecule has 0 bridgehead atoms. The molecule has 0 fully saturated rings. The highest BCUT2D eigenvalue weighted by molar-refractivity contribution is 7.89. The number of nitrogens with zero attached hydrogens (tertiary/aromatic N) is 1. The van der Waals surface area contributed by atoms with Crippen molar-refractivity contribution in [2.24, 2.45) is 5.41 Å². The van der Waals surface area contributed by atoms with E-state index in [1.807, 2.05) is 20.8 Å². The molecule has 2 N–H and O–H groups in total. The van der Waals surface area contributed by atoms with Crippen LogP contribution in [0.2, 0.25) is 0 Å². The second kappa shape index (κ2) is 5.76. The van der Waals surface area contributed by atoms with Crippen molar-refractivity contribution in [2.45, 2.75) is 25.7 Å². The standard InChI is InChI=1S/C12H19N3O4S/c1-12(2,3)8-14-20(18,19)9-5-6-11(15(16)17)10(7-9)13-4/h5-7,13-14H,8H2,1-4H3. The van der Waals surface area contributed by atoms with E-state index < -0.39 is 14.9 Å². The highest BCUT2D eigenvalue weighted by Crippen LogP contribution is 2.27. The van der Waals surface area contributed by atoms with Crippen molar-refractivity contribution < 1.29 is 13.3 Å². The lowest BCUT2D eigenvalue weighted by molar-refractivity contribution is -0.384. The lowest BCUT2D eigenvalue weighted by Gasteiger charge is -2.18. The van der Waals surface area contributed by atoms with Crippen LogP contribution in [-0.4, -0.2) is 26.9 Å². The fourth-order valence-corrected chi connectivity index (χ4v) is 2.75. The van der Waals surface area contributed by atoms with E-state index in [9.17, 15) is 18.5 Å². The monoisotopic (exact) mass is 301 g/mol. The molecule has 1 aromatic rings. The molecule has 0 spiro atoms. The molecule has 0 atom stereocenters. The highest BCUT2D eigenvalue weighted by Gasteiger charge is 2.21. The molecular weight excluding hydrogens is 282 g/mol. The molecule has 7 nitrogen and oxygen atoms in total. The zero-order chi connectivity index (χ0) is 15.6. The molecule has 0 saturated heterocycles. The second-order valence-corrected chi connectivity index (χ2v) is 7.34. The summed E-state index contributed by atoms with van der Waals surface area (Å²) < 4.78 is 26.7. The van der Waals surface area contributed by atoms with E-state index in [4.69, 9.17) is 0 Å². The third kappa shape index (κ3) is 4.17. The van der Waals surface area contributed by atoms with Crippen molar-refractivity contribution in [1.29, 1.82) is 0 Å². The predicted octanol–water partition coefficient (Wildman–Crippen LogP) is 1.96. The zero-order valence-corrected chi connectivity index (χ0v) is 12.7. The number of hydrogen-bond donors (Lipinski definition) is 2. The third-order valence-corrected chi connectivity index (χ3v) is 3.94. The van der Waals surface area contributed by atoms with Crippen LogP contribution in [0.3, 0.4) is 0 Å². The van der Waals surface area contributed by atoms with Gasteiger partial charge in [-0.1, -0.05) is 20.8 Å². The van der Waals surface area contributed by atoms with Crippen LogP contribution >= 0.6 is 0 Å². The fraction of sp³-hybridized carbons (Fsp3) is 0.500. The number of sulfonamides is 1. The summed E-state index contributed by atoms with van der Waals surface area (Å²) in [6, 6.07) is 3.66. The van der Waals surface area contributed by atoms with Crippen LogP contribution in [0, 0.1) is 15.5 Å². The summed E-state index contributed by atoms with van der Waals surface area (Å²) in [4.78, 5) is 10.2. The Morgan fingerprint density at radius 2 is 1.90 bits per heavy atom.